The lowest BCUT2D eigenvalue weighted by Crippen LogP contribution is -2.50. The molecular weight excluding hydrogens is 421 g/mol. The van der Waals surface area contributed by atoms with Crippen molar-refractivity contribution in [2.75, 3.05) is 19.6 Å². The number of furan rings is 1. The van der Waals surface area contributed by atoms with Crippen LogP contribution in [0.3, 0.4) is 0 Å². The van der Waals surface area contributed by atoms with Crippen molar-refractivity contribution in [3.8, 4) is 0 Å². The van der Waals surface area contributed by atoms with Crippen molar-refractivity contribution >= 4 is 15.9 Å². The summed E-state index contributed by atoms with van der Waals surface area (Å²) in [6, 6.07) is 9.37. The smallest absolute Gasteiger partial charge is 0.223 e. The monoisotopic (exact) mass is 449 g/mol. The molecule has 0 aliphatic carbocycles. The number of halogens is 1. The second kappa shape index (κ2) is 9.10. The molecule has 3 unspecified atom stereocenters. The Morgan fingerprint density at radius 1 is 1.23 bits per heavy atom. The van der Waals surface area contributed by atoms with Crippen molar-refractivity contribution < 1.29 is 22.0 Å². The van der Waals surface area contributed by atoms with Crippen molar-refractivity contribution in [2.45, 2.75) is 37.6 Å². The first-order valence-corrected chi connectivity index (χ1v) is 12.2. The first kappa shape index (κ1) is 22.0. The fourth-order valence-electron chi connectivity index (χ4n) is 4.69. The summed E-state index contributed by atoms with van der Waals surface area (Å²) < 4.78 is 46.9. The van der Waals surface area contributed by atoms with E-state index in [9.17, 15) is 17.6 Å². The van der Waals surface area contributed by atoms with Gasteiger partial charge in [0.1, 0.15) is 16.8 Å². The molecule has 168 valence electrons. The molecule has 2 fully saturated rings. The van der Waals surface area contributed by atoms with E-state index in [2.05, 4.69) is 14.9 Å². The number of carbonyl (C=O) groups is 1. The molecule has 1 amide bonds. The summed E-state index contributed by atoms with van der Waals surface area (Å²) in [7, 11) is -3.57. The molecule has 0 spiro atoms. The minimum atomic E-state index is -3.57. The third-order valence-electron chi connectivity index (χ3n) is 6.34. The number of sulfonamides is 1. The standard InChI is InChI=1S/C22H28FN3O4S/c1-15-20(16-4-6-18(23)7-5-16)31(28,29)25-21(15)26-12-9-17(10-13-26)22(27)24-11-8-19-3-2-14-30-19/h2-7,14-15,17,20-21,25H,8-13H2,1H3,(H,24,27). The topological polar surface area (TPSA) is 91.7 Å². The molecule has 0 saturated carbocycles. The van der Waals surface area contributed by atoms with Crippen LogP contribution in [-0.2, 0) is 21.2 Å². The van der Waals surface area contributed by atoms with E-state index in [4.69, 9.17) is 4.42 Å². The van der Waals surface area contributed by atoms with E-state index in [1.165, 1.54) is 24.3 Å². The molecule has 3 atom stereocenters. The van der Waals surface area contributed by atoms with Crippen molar-refractivity contribution in [1.29, 1.82) is 0 Å². The molecule has 2 saturated heterocycles. The van der Waals surface area contributed by atoms with Gasteiger partial charge in [0.2, 0.25) is 15.9 Å². The number of nitrogens with zero attached hydrogens (tertiary/aromatic N) is 1. The second-order valence-electron chi connectivity index (χ2n) is 8.37. The Kier molecular flexibility index (Phi) is 6.45. The van der Waals surface area contributed by atoms with Gasteiger partial charge in [-0.2, -0.15) is 4.72 Å². The van der Waals surface area contributed by atoms with E-state index in [0.717, 1.165) is 5.76 Å². The maximum Gasteiger partial charge on any atom is 0.223 e. The summed E-state index contributed by atoms with van der Waals surface area (Å²) in [4.78, 5) is 14.6. The van der Waals surface area contributed by atoms with E-state index in [1.54, 1.807) is 6.26 Å². The third kappa shape index (κ3) is 4.83. The van der Waals surface area contributed by atoms with Gasteiger partial charge in [-0.15, -0.1) is 0 Å². The van der Waals surface area contributed by atoms with Crippen LogP contribution in [0, 0.1) is 17.7 Å². The predicted octanol–water partition coefficient (Wildman–Crippen LogP) is 2.43. The highest BCUT2D eigenvalue weighted by Gasteiger charge is 2.48. The summed E-state index contributed by atoms with van der Waals surface area (Å²) in [6.45, 7) is 3.73. The number of carbonyl (C=O) groups excluding carboxylic acids is 1. The number of hydrogen-bond acceptors (Lipinski definition) is 5. The van der Waals surface area contributed by atoms with Crippen LogP contribution in [0.1, 0.15) is 36.3 Å². The first-order chi connectivity index (χ1) is 14.8. The summed E-state index contributed by atoms with van der Waals surface area (Å²) in [5.41, 5.74) is 0.592. The van der Waals surface area contributed by atoms with Gasteiger partial charge in [0.15, 0.2) is 0 Å². The summed E-state index contributed by atoms with van der Waals surface area (Å²) in [5, 5.41) is 2.25. The van der Waals surface area contributed by atoms with Crippen LogP contribution in [0.4, 0.5) is 4.39 Å². The summed E-state index contributed by atoms with van der Waals surface area (Å²) in [5.74, 6) is 0.216. The Morgan fingerprint density at radius 3 is 2.58 bits per heavy atom. The van der Waals surface area contributed by atoms with Crippen LogP contribution >= 0.6 is 0 Å². The first-order valence-electron chi connectivity index (χ1n) is 10.7. The Morgan fingerprint density at radius 2 is 1.94 bits per heavy atom. The van der Waals surface area contributed by atoms with Gasteiger partial charge < -0.3 is 9.73 Å². The van der Waals surface area contributed by atoms with E-state index >= 15 is 0 Å². The molecule has 3 heterocycles. The van der Waals surface area contributed by atoms with Crippen LogP contribution in [0.5, 0.6) is 0 Å². The number of likely N-dealkylation sites (tertiary alicyclic amines) is 1. The molecule has 2 N–H and O–H groups in total. The van der Waals surface area contributed by atoms with Gasteiger partial charge in [-0.25, -0.2) is 12.8 Å². The number of nitrogens with one attached hydrogen (secondary N) is 2. The van der Waals surface area contributed by atoms with Crippen molar-refractivity contribution in [3.63, 3.8) is 0 Å². The molecule has 31 heavy (non-hydrogen) atoms. The van der Waals surface area contributed by atoms with Gasteiger partial charge in [-0.05, 0) is 42.7 Å². The Bertz CT molecular complexity index is 986. The lowest BCUT2D eigenvalue weighted by Gasteiger charge is -2.36. The van der Waals surface area contributed by atoms with E-state index < -0.39 is 15.3 Å². The summed E-state index contributed by atoms with van der Waals surface area (Å²) in [6.07, 6.45) is 3.30. The van der Waals surface area contributed by atoms with E-state index in [0.29, 0.717) is 44.5 Å². The van der Waals surface area contributed by atoms with Gasteiger partial charge in [-0.3, -0.25) is 9.69 Å². The van der Waals surface area contributed by atoms with Crippen molar-refractivity contribution in [3.05, 3.63) is 59.8 Å². The number of hydrogen-bond donors (Lipinski definition) is 2. The molecule has 1 aromatic heterocycles. The Balaban J connectivity index is 1.32. The van der Waals surface area contributed by atoms with Crippen LogP contribution in [0.25, 0.3) is 0 Å². The quantitative estimate of drug-likeness (QED) is 0.707. The maximum absolute atomic E-state index is 13.3. The predicted molar refractivity (Wildman–Crippen MR) is 114 cm³/mol. The van der Waals surface area contributed by atoms with Crippen LogP contribution in [-0.4, -0.2) is 45.0 Å². The number of piperidine rings is 1. The largest absolute Gasteiger partial charge is 0.469 e. The molecule has 2 aliphatic heterocycles. The Labute approximate surface area is 182 Å². The zero-order valence-corrected chi connectivity index (χ0v) is 18.3. The second-order valence-corrected chi connectivity index (χ2v) is 10.2. The van der Waals surface area contributed by atoms with Gasteiger partial charge in [0.05, 0.1) is 12.4 Å². The molecule has 2 aliphatic rings. The Hall–Kier alpha value is -2.23. The molecule has 2 aromatic rings. The van der Waals surface area contributed by atoms with Crippen LogP contribution in [0.15, 0.2) is 47.1 Å². The SMILES string of the molecule is CC1C(N2CCC(C(=O)NCCc3ccco3)CC2)NS(=O)(=O)C1c1ccc(F)cc1. The molecule has 7 nitrogen and oxygen atoms in total. The molecule has 0 radical (unpaired) electrons. The van der Waals surface area contributed by atoms with Crippen LogP contribution in [0.2, 0.25) is 0 Å². The van der Waals surface area contributed by atoms with E-state index in [-0.39, 0.29) is 29.7 Å². The minimum Gasteiger partial charge on any atom is -0.469 e. The third-order valence-corrected chi connectivity index (χ3v) is 8.28. The van der Waals surface area contributed by atoms with Gasteiger partial charge in [-0.1, -0.05) is 19.1 Å². The average molecular weight is 450 g/mol. The zero-order valence-electron chi connectivity index (χ0n) is 17.5. The van der Waals surface area contributed by atoms with Gasteiger partial charge >= 0.3 is 0 Å². The normalized spacial score (nSPS) is 26.7. The van der Waals surface area contributed by atoms with E-state index in [1.807, 2.05) is 19.1 Å². The van der Waals surface area contributed by atoms with Gasteiger partial charge in [0, 0.05) is 37.9 Å². The molecule has 1 aromatic carbocycles. The highest BCUT2D eigenvalue weighted by atomic mass is 32.2. The highest BCUT2D eigenvalue weighted by molar-refractivity contribution is 7.90. The highest BCUT2D eigenvalue weighted by Crippen LogP contribution is 2.39. The molecule has 4 rings (SSSR count). The molecular formula is C22H28FN3O4S. The lowest BCUT2D eigenvalue weighted by atomic mass is 9.92. The minimum absolute atomic E-state index is 0.0374. The average Bonchev–Trinajstić information content (AvgIpc) is 3.35. The molecule has 9 heteroatoms. The lowest BCUT2D eigenvalue weighted by molar-refractivity contribution is -0.126. The van der Waals surface area contributed by atoms with Crippen molar-refractivity contribution in [2.24, 2.45) is 11.8 Å². The van der Waals surface area contributed by atoms with Gasteiger partial charge in [0.25, 0.3) is 0 Å². The van der Waals surface area contributed by atoms with Crippen LogP contribution < -0.4 is 10.0 Å². The summed E-state index contributed by atoms with van der Waals surface area (Å²) >= 11 is 0. The van der Waals surface area contributed by atoms with Crippen molar-refractivity contribution in [1.82, 2.24) is 14.9 Å². The maximum atomic E-state index is 13.3. The number of benzene rings is 1. The number of rotatable bonds is 6. The number of amides is 1. The molecule has 0 bridgehead atoms. The fraction of sp³-hybridized carbons (Fsp3) is 0.500. The fourth-order valence-corrected chi connectivity index (χ4v) is 6.76. The zero-order chi connectivity index (χ0) is 22.0.